The Labute approximate surface area is 181 Å². The van der Waals surface area contributed by atoms with Crippen molar-refractivity contribution in [3.05, 3.63) is 64.7 Å². The molecule has 0 fully saturated rings. The molecule has 4 rings (SSSR count). The van der Waals surface area contributed by atoms with Gasteiger partial charge in [-0.3, -0.25) is 14.8 Å². The molecule has 0 saturated carbocycles. The zero-order valence-electron chi connectivity index (χ0n) is 17.1. The number of methoxy groups -OCH3 is 1. The number of aromatic nitrogens is 3. The van der Waals surface area contributed by atoms with E-state index < -0.39 is 0 Å². The predicted molar refractivity (Wildman–Crippen MR) is 117 cm³/mol. The molecule has 0 aliphatic heterocycles. The van der Waals surface area contributed by atoms with Crippen molar-refractivity contribution in [2.45, 2.75) is 13.5 Å². The maximum absolute atomic E-state index is 12.9. The van der Waals surface area contributed by atoms with E-state index in [9.17, 15) is 9.59 Å². The number of esters is 1. The zero-order chi connectivity index (χ0) is 21.8. The average molecular weight is 436 g/mol. The first kappa shape index (κ1) is 20.8. The molecule has 0 bridgehead atoms. The van der Waals surface area contributed by atoms with Gasteiger partial charge in [-0.1, -0.05) is 11.3 Å². The summed E-state index contributed by atoms with van der Waals surface area (Å²) in [7, 11) is 1.62. The summed E-state index contributed by atoms with van der Waals surface area (Å²) in [5.74, 6) is -0.760. The number of fused-ring (bicyclic) bond motifs is 2. The Morgan fingerprint density at radius 2 is 1.84 bits per heavy atom. The van der Waals surface area contributed by atoms with Gasteiger partial charge in [-0.25, -0.2) is 4.79 Å². The van der Waals surface area contributed by atoms with Gasteiger partial charge in [0.25, 0.3) is 5.91 Å². The summed E-state index contributed by atoms with van der Waals surface area (Å²) in [5.41, 5.74) is 3.09. The minimum absolute atomic E-state index is 0.306. The van der Waals surface area contributed by atoms with E-state index >= 15 is 0 Å². The van der Waals surface area contributed by atoms with Crippen molar-refractivity contribution in [3.63, 3.8) is 0 Å². The van der Waals surface area contributed by atoms with Crippen LogP contribution in [0.25, 0.3) is 21.3 Å². The molecular weight excluding hydrogens is 416 g/mol. The first-order valence-electron chi connectivity index (χ1n) is 9.70. The summed E-state index contributed by atoms with van der Waals surface area (Å²) in [4.78, 5) is 38.3. The fourth-order valence-electron chi connectivity index (χ4n) is 3.15. The second kappa shape index (κ2) is 9.15. The molecule has 0 saturated heterocycles. The molecule has 1 amide bonds. The Morgan fingerprint density at radius 3 is 2.61 bits per heavy atom. The van der Waals surface area contributed by atoms with Gasteiger partial charge in [0.05, 0.1) is 40.0 Å². The molecule has 0 N–H and O–H groups in total. The van der Waals surface area contributed by atoms with Gasteiger partial charge in [0.15, 0.2) is 4.80 Å². The van der Waals surface area contributed by atoms with Crippen LogP contribution >= 0.6 is 11.3 Å². The molecule has 31 heavy (non-hydrogen) atoms. The van der Waals surface area contributed by atoms with E-state index in [0.29, 0.717) is 46.7 Å². The maximum atomic E-state index is 12.9. The molecule has 0 aliphatic carbocycles. The number of hydrogen-bond donors (Lipinski definition) is 0. The molecule has 8 nitrogen and oxygen atoms in total. The van der Waals surface area contributed by atoms with Crippen LogP contribution in [0.1, 0.15) is 27.6 Å². The van der Waals surface area contributed by atoms with E-state index in [1.165, 1.54) is 11.3 Å². The van der Waals surface area contributed by atoms with E-state index in [1.54, 1.807) is 56.8 Å². The lowest BCUT2D eigenvalue weighted by atomic mass is 10.2. The normalized spacial score (nSPS) is 11.9. The minimum Gasteiger partial charge on any atom is -0.462 e. The highest BCUT2D eigenvalue weighted by molar-refractivity contribution is 7.16. The van der Waals surface area contributed by atoms with E-state index in [1.807, 2.05) is 10.6 Å². The Bertz CT molecular complexity index is 1340. The van der Waals surface area contributed by atoms with E-state index in [0.717, 1.165) is 10.2 Å². The zero-order valence-corrected chi connectivity index (χ0v) is 17.9. The van der Waals surface area contributed by atoms with E-state index in [4.69, 9.17) is 9.47 Å². The average Bonchev–Trinajstić information content (AvgIpc) is 3.13. The number of rotatable bonds is 6. The number of amides is 1. The summed E-state index contributed by atoms with van der Waals surface area (Å²) in [6.07, 6.45) is 3.19. The van der Waals surface area contributed by atoms with Crippen LogP contribution in [0.4, 0.5) is 0 Å². The van der Waals surface area contributed by atoms with Crippen molar-refractivity contribution in [3.8, 4) is 0 Å². The van der Waals surface area contributed by atoms with Gasteiger partial charge in [0.1, 0.15) is 0 Å². The molecule has 158 valence electrons. The number of ether oxygens (including phenoxy) is 2. The Kier molecular flexibility index (Phi) is 6.15. The Hall–Kier alpha value is -3.43. The van der Waals surface area contributed by atoms with Gasteiger partial charge >= 0.3 is 5.97 Å². The Balaban J connectivity index is 1.78. The van der Waals surface area contributed by atoms with Gasteiger partial charge < -0.3 is 14.0 Å². The second-order valence-electron chi connectivity index (χ2n) is 6.61. The SMILES string of the molecule is CCOC(=O)c1ccc2c(c1)sc(=NC(=O)c1ccc3nccnc3c1)n2CCOC. The third-order valence-corrected chi connectivity index (χ3v) is 5.67. The first-order valence-corrected chi connectivity index (χ1v) is 10.5. The number of benzene rings is 2. The summed E-state index contributed by atoms with van der Waals surface area (Å²) < 4.78 is 13.1. The van der Waals surface area contributed by atoms with Crippen LogP contribution in [0.15, 0.2) is 53.8 Å². The quantitative estimate of drug-likeness (QED) is 0.431. The smallest absolute Gasteiger partial charge is 0.338 e. The monoisotopic (exact) mass is 436 g/mol. The van der Waals surface area contributed by atoms with Crippen LogP contribution in [0.2, 0.25) is 0 Å². The lowest BCUT2D eigenvalue weighted by Crippen LogP contribution is -2.19. The third-order valence-electron chi connectivity index (χ3n) is 4.63. The van der Waals surface area contributed by atoms with Crippen molar-refractivity contribution >= 4 is 44.5 Å². The van der Waals surface area contributed by atoms with Gasteiger partial charge in [0.2, 0.25) is 0 Å². The molecule has 2 aromatic carbocycles. The summed E-state index contributed by atoms with van der Waals surface area (Å²) >= 11 is 1.33. The lowest BCUT2D eigenvalue weighted by molar-refractivity contribution is 0.0526. The van der Waals surface area contributed by atoms with Gasteiger partial charge in [-0.2, -0.15) is 4.99 Å². The molecular formula is C22H20N4O4S. The lowest BCUT2D eigenvalue weighted by Gasteiger charge is -2.05. The fraction of sp³-hybridized carbons (Fsp3) is 0.227. The van der Waals surface area contributed by atoms with Crippen molar-refractivity contribution in [2.75, 3.05) is 20.3 Å². The standard InChI is InChI=1S/C22H20N4O4S/c1-3-30-21(28)15-5-7-18-19(13-15)31-22(26(18)10-11-29-2)25-20(27)14-4-6-16-17(12-14)24-9-8-23-16/h4-9,12-13H,3,10-11H2,1-2H3. The maximum Gasteiger partial charge on any atom is 0.338 e. The van der Waals surface area contributed by atoms with Crippen molar-refractivity contribution in [1.29, 1.82) is 0 Å². The minimum atomic E-state index is -0.381. The van der Waals surface area contributed by atoms with Crippen LogP contribution in [-0.4, -0.2) is 46.7 Å². The number of carbonyl (C=O) groups excluding carboxylic acids is 2. The van der Waals surface area contributed by atoms with Crippen LogP contribution in [0.3, 0.4) is 0 Å². The summed E-state index contributed by atoms with van der Waals surface area (Å²) in [5, 5.41) is 0. The molecule has 4 aromatic rings. The van der Waals surface area contributed by atoms with Crippen LogP contribution in [0, 0.1) is 0 Å². The van der Waals surface area contributed by atoms with Crippen LogP contribution in [-0.2, 0) is 16.0 Å². The highest BCUT2D eigenvalue weighted by Gasteiger charge is 2.13. The first-order chi connectivity index (χ1) is 15.1. The van der Waals surface area contributed by atoms with Crippen molar-refractivity contribution in [2.24, 2.45) is 4.99 Å². The largest absolute Gasteiger partial charge is 0.462 e. The number of nitrogens with zero attached hydrogens (tertiary/aromatic N) is 4. The van der Waals surface area contributed by atoms with Crippen molar-refractivity contribution in [1.82, 2.24) is 14.5 Å². The number of thiazole rings is 1. The molecule has 0 unspecified atom stereocenters. The molecule has 0 spiro atoms. The Morgan fingerprint density at radius 1 is 1.06 bits per heavy atom. The molecule has 0 atom stereocenters. The van der Waals surface area contributed by atoms with Crippen LogP contribution in [0.5, 0.6) is 0 Å². The van der Waals surface area contributed by atoms with Gasteiger partial charge in [0, 0.05) is 31.6 Å². The highest BCUT2D eigenvalue weighted by Crippen LogP contribution is 2.20. The molecule has 0 radical (unpaired) electrons. The number of hydrogen-bond acceptors (Lipinski definition) is 7. The van der Waals surface area contributed by atoms with Gasteiger partial charge in [-0.05, 0) is 43.3 Å². The van der Waals surface area contributed by atoms with Gasteiger partial charge in [-0.15, -0.1) is 0 Å². The molecule has 9 heteroatoms. The molecule has 2 heterocycles. The predicted octanol–water partition coefficient (Wildman–Crippen LogP) is 3.21. The fourth-order valence-corrected chi connectivity index (χ4v) is 4.24. The summed E-state index contributed by atoms with van der Waals surface area (Å²) in [6, 6.07) is 10.4. The topological polar surface area (TPSA) is 95.7 Å². The third kappa shape index (κ3) is 4.37. The van der Waals surface area contributed by atoms with Crippen molar-refractivity contribution < 1.29 is 19.1 Å². The molecule has 0 aliphatic rings. The van der Waals surface area contributed by atoms with Crippen LogP contribution < -0.4 is 4.80 Å². The van der Waals surface area contributed by atoms with E-state index in [-0.39, 0.29) is 11.9 Å². The highest BCUT2D eigenvalue weighted by atomic mass is 32.1. The number of carbonyl (C=O) groups is 2. The van der Waals surface area contributed by atoms with E-state index in [2.05, 4.69) is 15.0 Å². The second-order valence-corrected chi connectivity index (χ2v) is 7.62. The molecule has 2 aromatic heterocycles. The summed E-state index contributed by atoms with van der Waals surface area (Å²) in [6.45, 7) is 3.05.